The molecule has 0 aliphatic rings. The molecule has 3 aromatic carbocycles. The van der Waals surface area contributed by atoms with Gasteiger partial charge in [0.25, 0.3) is 0 Å². The molecule has 0 heterocycles. The minimum Gasteiger partial charge on any atom is -0.494 e. The molecule has 226 valence electrons. The van der Waals surface area contributed by atoms with Crippen LogP contribution in [0.1, 0.15) is 43.2 Å². The first-order chi connectivity index (χ1) is 21.0. The van der Waals surface area contributed by atoms with E-state index in [1.807, 2.05) is 36.4 Å². The van der Waals surface area contributed by atoms with Gasteiger partial charge in [-0.05, 0) is 72.2 Å². The summed E-state index contributed by atoms with van der Waals surface area (Å²) < 4.78 is 21.5. The predicted molar refractivity (Wildman–Crippen MR) is 170 cm³/mol. The summed E-state index contributed by atoms with van der Waals surface area (Å²) in [6.07, 6.45) is 9.51. The standard InChI is InChI=1S/C36H40O7/c1-3-35(38)42-26-8-25-41-33-19-13-30(14-20-33)10-9-29-11-15-31(16-12-29)32-17-21-34(22-18-32)40-23-6-4-5-7-24-43-36(39)28(2)27-37/h3,9-22,37H,1-2,4-8,23-27H2/b10-9+. The quantitative estimate of drug-likeness (QED) is 0.0699. The van der Waals surface area contributed by atoms with Crippen molar-refractivity contribution < 1.29 is 33.6 Å². The first-order valence-electron chi connectivity index (χ1n) is 14.5. The summed E-state index contributed by atoms with van der Waals surface area (Å²) in [6.45, 7) is 8.17. The Morgan fingerprint density at radius 3 is 1.65 bits per heavy atom. The van der Waals surface area contributed by atoms with E-state index in [-0.39, 0.29) is 12.2 Å². The molecule has 0 saturated carbocycles. The number of unbranched alkanes of at least 4 members (excludes halogenated alkanes) is 3. The first-order valence-corrected chi connectivity index (χ1v) is 14.5. The van der Waals surface area contributed by atoms with Crippen molar-refractivity contribution in [3.63, 3.8) is 0 Å². The number of ether oxygens (including phenoxy) is 4. The monoisotopic (exact) mass is 584 g/mol. The lowest BCUT2D eigenvalue weighted by Crippen LogP contribution is -2.10. The Balaban J connectivity index is 1.34. The van der Waals surface area contributed by atoms with Gasteiger partial charge in [-0.15, -0.1) is 0 Å². The summed E-state index contributed by atoms with van der Waals surface area (Å²) in [6, 6.07) is 24.3. The van der Waals surface area contributed by atoms with Gasteiger partial charge in [0.15, 0.2) is 0 Å². The van der Waals surface area contributed by atoms with Gasteiger partial charge in [0.1, 0.15) is 11.5 Å². The lowest BCUT2D eigenvalue weighted by Gasteiger charge is -2.08. The molecule has 0 atom stereocenters. The van der Waals surface area contributed by atoms with Crippen LogP contribution >= 0.6 is 0 Å². The lowest BCUT2D eigenvalue weighted by molar-refractivity contribution is -0.140. The van der Waals surface area contributed by atoms with Gasteiger partial charge in [0.2, 0.25) is 0 Å². The van der Waals surface area contributed by atoms with Crippen LogP contribution < -0.4 is 9.47 Å². The Morgan fingerprint density at radius 1 is 0.628 bits per heavy atom. The zero-order valence-corrected chi connectivity index (χ0v) is 24.5. The van der Waals surface area contributed by atoms with E-state index in [1.165, 1.54) is 0 Å². The van der Waals surface area contributed by atoms with Crippen LogP contribution in [0.3, 0.4) is 0 Å². The Morgan fingerprint density at radius 2 is 1.09 bits per heavy atom. The number of hydrogen-bond donors (Lipinski definition) is 1. The van der Waals surface area contributed by atoms with Crippen molar-refractivity contribution in [3.8, 4) is 22.6 Å². The van der Waals surface area contributed by atoms with Gasteiger partial charge in [0, 0.05) is 12.5 Å². The molecule has 0 fully saturated rings. The molecule has 0 aromatic heterocycles. The van der Waals surface area contributed by atoms with Crippen molar-refractivity contribution in [1.29, 1.82) is 0 Å². The zero-order chi connectivity index (χ0) is 30.7. The Kier molecular flexibility index (Phi) is 14.3. The van der Waals surface area contributed by atoms with Crippen molar-refractivity contribution >= 4 is 24.1 Å². The summed E-state index contributed by atoms with van der Waals surface area (Å²) in [5, 5.41) is 8.85. The van der Waals surface area contributed by atoms with Gasteiger partial charge in [-0.2, -0.15) is 0 Å². The summed E-state index contributed by atoms with van der Waals surface area (Å²) in [7, 11) is 0. The van der Waals surface area contributed by atoms with Gasteiger partial charge in [0.05, 0.1) is 38.6 Å². The minimum absolute atomic E-state index is 0.0792. The fourth-order valence-corrected chi connectivity index (χ4v) is 3.96. The lowest BCUT2D eigenvalue weighted by atomic mass is 10.0. The van der Waals surface area contributed by atoms with Crippen molar-refractivity contribution in [2.75, 3.05) is 33.0 Å². The summed E-state index contributed by atoms with van der Waals surface area (Å²) in [4.78, 5) is 22.4. The van der Waals surface area contributed by atoms with Gasteiger partial charge < -0.3 is 24.1 Å². The van der Waals surface area contributed by atoms with E-state index < -0.39 is 11.9 Å². The summed E-state index contributed by atoms with van der Waals surface area (Å²) in [5.74, 6) is 0.652. The SMILES string of the molecule is C=CC(=O)OCCCOc1ccc(/C=C/c2ccc(-c3ccc(OCCCCCCOC(=O)C(=C)CO)cc3)cc2)cc1. The summed E-state index contributed by atoms with van der Waals surface area (Å²) in [5.41, 5.74) is 4.50. The van der Waals surface area contributed by atoms with Crippen LogP contribution in [-0.4, -0.2) is 50.1 Å². The van der Waals surface area contributed by atoms with E-state index >= 15 is 0 Å². The highest BCUT2D eigenvalue weighted by molar-refractivity contribution is 5.87. The number of hydrogen-bond acceptors (Lipinski definition) is 7. The minimum atomic E-state index is -0.535. The maximum atomic E-state index is 11.4. The van der Waals surface area contributed by atoms with Crippen LogP contribution in [0.25, 0.3) is 23.3 Å². The molecular weight excluding hydrogens is 544 g/mol. The largest absolute Gasteiger partial charge is 0.494 e. The molecule has 0 saturated heterocycles. The van der Waals surface area contributed by atoms with Crippen LogP contribution in [0.4, 0.5) is 0 Å². The molecule has 0 amide bonds. The number of aliphatic hydroxyl groups excluding tert-OH is 1. The van der Waals surface area contributed by atoms with E-state index in [4.69, 9.17) is 24.1 Å². The van der Waals surface area contributed by atoms with Crippen LogP contribution in [0.2, 0.25) is 0 Å². The van der Waals surface area contributed by atoms with E-state index in [9.17, 15) is 9.59 Å². The second-order valence-corrected chi connectivity index (χ2v) is 9.78. The zero-order valence-electron chi connectivity index (χ0n) is 24.5. The number of carbonyl (C=O) groups excluding carboxylic acids is 2. The highest BCUT2D eigenvalue weighted by atomic mass is 16.5. The molecule has 7 nitrogen and oxygen atoms in total. The fraction of sp³-hybridized carbons (Fsp3) is 0.278. The van der Waals surface area contributed by atoms with Crippen LogP contribution in [0, 0.1) is 0 Å². The van der Waals surface area contributed by atoms with Crippen molar-refractivity contribution in [1.82, 2.24) is 0 Å². The average Bonchev–Trinajstić information content (AvgIpc) is 3.05. The van der Waals surface area contributed by atoms with E-state index in [0.29, 0.717) is 32.8 Å². The van der Waals surface area contributed by atoms with Crippen LogP contribution in [-0.2, 0) is 19.1 Å². The van der Waals surface area contributed by atoms with Gasteiger partial charge >= 0.3 is 11.9 Å². The molecule has 0 aliphatic heterocycles. The van der Waals surface area contributed by atoms with Gasteiger partial charge in [-0.1, -0.05) is 73.8 Å². The molecule has 3 aromatic rings. The normalized spacial score (nSPS) is 10.7. The number of benzene rings is 3. The Bertz CT molecular complexity index is 1320. The smallest absolute Gasteiger partial charge is 0.335 e. The van der Waals surface area contributed by atoms with E-state index in [1.54, 1.807) is 0 Å². The Hall–Kier alpha value is -4.62. The molecule has 43 heavy (non-hydrogen) atoms. The number of rotatable bonds is 19. The molecule has 0 spiro atoms. The maximum absolute atomic E-state index is 11.4. The third-order valence-electron chi connectivity index (χ3n) is 6.44. The van der Waals surface area contributed by atoms with Gasteiger partial charge in [-0.25, -0.2) is 9.59 Å². The average molecular weight is 585 g/mol. The topological polar surface area (TPSA) is 91.3 Å². The molecule has 7 heteroatoms. The number of aliphatic hydroxyl groups is 1. The van der Waals surface area contributed by atoms with E-state index in [0.717, 1.165) is 65.5 Å². The maximum Gasteiger partial charge on any atom is 0.335 e. The van der Waals surface area contributed by atoms with Crippen molar-refractivity contribution in [2.45, 2.75) is 32.1 Å². The van der Waals surface area contributed by atoms with Crippen LogP contribution in [0.5, 0.6) is 11.5 Å². The third kappa shape index (κ3) is 12.4. The molecule has 0 unspecified atom stereocenters. The highest BCUT2D eigenvalue weighted by Crippen LogP contribution is 2.24. The summed E-state index contributed by atoms with van der Waals surface area (Å²) >= 11 is 0. The molecule has 1 N–H and O–H groups in total. The predicted octanol–water partition coefficient (Wildman–Crippen LogP) is 7.05. The number of carbonyl (C=O) groups is 2. The first kappa shape index (κ1) is 32.9. The molecule has 3 rings (SSSR count). The molecule has 0 bridgehead atoms. The molecule has 0 radical (unpaired) electrons. The fourth-order valence-electron chi connectivity index (χ4n) is 3.96. The highest BCUT2D eigenvalue weighted by Gasteiger charge is 2.06. The third-order valence-corrected chi connectivity index (χ3v) is 6.44. The Labute approximate surface area is 254 Å². The van der Waals surface area contributed by atoms with Crippen LogP contribution in [0.15, 0.2) is 97.6 Å². The van der Waals surface area contributed by atoms with E-state index in [2.05, 4.69) is 61.7 Å². The van der Waals surface area contributed by atoms with Gasteiger partial charge in [-0.3, -0.25) is 0 Å². The van der Waals surface area contributed by atoms with Crippen molar-refractivity contribution in [2.24, 2.45) is 0 Å². The van der Waals surface area contributed by atoms with Crippen molar-refractivity contribution in [3.05, 3.63) is 109 Å². The molecule has 0 aliphatic carbocycles. The number of esters is 2. The molecular formula is C36H40O7. The second kappa shape index (κ2) is 18.7. The second-order valence-electron chi connectivity index (χ2n) is 9.78.